The molecule has 158 valence electrons. The van der Waals surface area contributed by atoms with Gasteiger partial charge in [0.05, 0.1) is 29.6 Å². The Hall–Kier alpha value is -1.00. The molecule has 2 saturated heterocycles. The molecule has 0 unspecified atom stereocenters. The van der Waals surface area contributed by atoms with Crippen molar-refractivity contribution in [3.63, 3.8) is 0 Å². The molecule has 0 aliphatic carbocycles. The largest absolute Gasteiger partial charge is 0.379 e. The van der Waals surface area contributed by atoms with Gasteiger partial charge in [-0.15, -0.1) is 0 Å². The first-order valence-electron chi connectivity index (χ1n) is 9.93. The van der Waals surface area contributed by atoms with Gasteiger partial charge in [0.2, 0.25) is 10.0 Å². The molecule has 1 aromatic carbocycles. The Morgan fingerprint density at radius 1 is 1.18 bits per heavy atom. The molecule has 0 amide bonds. The summed E-state index contributed by atoms with van der Waals surface area (Å²) in [5.41, 5.74) is 1.07. The molecule has 28 heavy (non-hydrogen) atoms. The number of hydrogen-bond acceptors (Lipinski definition) is 6. The van der Waals surface area contributed by atoms with Crippen molar-refractivity contribution in [3.05, 3.63) is 29.8 Å². The van der Waals surface area contributed by atoms with E-state index in [4.69, 9.17) is 4.74 Å². The number of sulfonamides is 1. The van der Waals surface area contributed by atoms with E-state index in [1.807, 2.05) is 19.1 Å². The van der Waals surface area contributed by atoms with Gasteiger partial charge in [-0.25, -0.2) is 16.8 Å². The van der Waals surface area contributed by atoms with Crippen LogP contribution in [0.5, 0.6) is 0 Å². The Morgan fingerprint density at radius 2 is 1.86 bits per heavy atom. The molecular formula is C19H30N2O5S2. The summed E-state index contributed by atoms with van der Waals surface area (Å²) in [6.07, 6.45) is 1.87. The molecule has 2 aliphatic rings. The predicted octanol–water partition coefficient (Wildman–Crippen LogP) is 1.15. The standard InChI is InChI=1S/C19H30N2O5S2/c1-2-17-4-6-19(7-5-17)28(24,25)21(18-8-15-27(22,23)16-18)10-3-9-20-11-13-26-14-12-20/h4-7,18H,2-3,8-16H2,1H3/t18-/m0/s1. The van der Waals surface area contributed by atoms with Gasteiger partial charge in [0.25, 0.3) is 0 Å². The van der Waals surface area contributed by atoms with Gasteiger partial charge < -0.3 is 4.74 Å². The second-order valence-corrected chi connectivity index (χ2v) is 11.6. The highest BCUT2D eigenvalue weighted by Gasteiger charge is 2.38. The van der Waals surface area contributed by atoms with Crippen LogP contribution < -0.4 is 0 Å². The van der Waals surface area contributed by atoms with Crippen LogP contribution in [0.3, 0.4) is 0 Å². The zero-order valence-electron chi connectivity index (χ0n) is 16.4. The summed E-state index contributed by atoms with van der Waals surface area (Å²) in [7, 11) is -6.91. The number of ether oxygens (including phenoxy) is 1. The fraction of sp³-hybridized carbons (Fsp3) is 0.684. The van der Waals surface area contributed by atoms with Crippen LogP contribution in [0.15, 0.2) is 29.2 Å². The lowest BCUT2D eigenvalue weighted by molar-refractivity contribution is 0.0367. The predicted molar refractivity (Wildman–Crippen MR) is 109 cm³/mol. The monoisotopic (exact) mass is 430 g/mol. The van der Waals surface area contributed by atoms with Crippen LogP contribution in [0.4, 0.5) is 0 Å². The van der Waals surface area contributed by atoms with Gasteiger partial charge >= 0.3 is 0 Å². The third-order valence-corrected chi connectivity index (χ3v) is 9.23. The Balaban J connectivity index is 1.76. The second kappa shape index (κ2) is 9.21. The van der Waals surface area contributed by atoms with Gasteiger partial charge in [-0.3, -0.25) is 4.90 Å². The molecule has 0 bridgehead atoms. The summed E-state index contributed by atoms with van der Waals surface area (Å²) in [5, 5.41) is 0. The van der Waals surface area contributed by atoms with Gasteiger partial charge in [0.15, 0.2) is 9.84 Å². The van der Waals surface area contributed by atoms with Gasteiger partial charge in [-0.05, 0) is 43.5 Å². The van der Waals surface area contributed by atoms with Crippen molar-refractivity contribution in [2.45, 2.75) is 37.1 Å². The van der Waals surface area contributed by atoms with Crippen LogP contribution >= 0.6 is 0 Å². The van der Waals surface area contributed by atoms with Gasteiger partial charge in [0.1, 0.15) is 0 Å². The van der Waals surface area contributed by atoms with Crippen molar-refractivity contribution in [3.8, 4) is 0 Å². The van der Waals surface area contributed by atoms with Crippen LogP contribution in [-0.4, -0.2) is 83.0 Å². The van der Waals surface area contributed by atoms with Crippen molar-refractivity contribution < 1.29 is 21.6 Å². The van der Waals surface area contributed by atoms with E-state index in [0.29, 0.717) is 32.6 Å². The normalized spacial score (nSPS) is 23.3. The van der Waals surface area contributed by atoms with Crippen molar-refractivity contribution in [2.24, 2.45) is 0 Å². The van der Waals surface area contributed by atoms with Crippen molar-refractivity contribution >= 4 is 19.9 Å². The molecular weight excluding hydrogens is 400 g/mol. The highest BCUT2D eigenvalue weighted by molar-refractivity contribution is 7.92. The first kappa shape index (κ1) is 21.7. The Bertz CT molecular complexity index is 847. The molecule has 0 saturated carbocycles. The summed E-state index contributed by atoms with van der Waals surface area (Å²) in [5.74, 6) is -0.0290. The lowest BCUT2D eigenvalue weighted by Gasteiger charge is -2.30. The summed E-state index contributed by atoms with van der Waals surface area (Å²) in [4.78, 5) is 2.50. The van der Waals surface area contributed by atoms with Crippen LogP contribution in [0.1, 0.15) is 25.3 Å². The number of benzene rings is 1. The van der Waals surface area contributed by atoms with Crippen molar-refractivity contribution in [2.75, 3.05) is 50.9 Å². The van der Waals surface area contributed by atoms with Gasteiger partial charge in [-0.2, -0.15) is 4.31 Å². The average Bonchev–Trinajstić information content (AvgIpc) is 3.05. The SMILES string of the molecule is CCc1ccc(S(=O)(=O)N(CCCN2CCOCC2)[C@H]2CCS(=O)(=O)C2)cc1. The molecule has 3 rings (SSSR count). The summed E-state index contributed by atoms with van der Waals surface area (Å²) in [6.45, 7) is 6.23. The van der Waals surface area contributed by atoms with Crippen molar-refractivity contribution in [1.29, 1.82) is 0 Å². The minimum absolute atomic E-state index is 0.0575. The molecule has 0 aromatic heterocycles. The fourth-order valence-corrected chi connectivity index (χ4v) is 7.33. The maximum absolute atomic E-state index is 13.3. The quantitative estimate of drug-likeness (QED) is 0.615. The highest BCUT2D eigenvalue weighted by Crippen LogP contribution is 2.25. The molecule has 1 atom stereocenters. The topological polar surface area (TPSA) is 84.0 Å². The van der Waals surface area contributed by atoms with Crippen LogP contribution in [0.2, 0.25) is 0 Å². The molecule has 1 aromatic rings. The second-order valence-electron chi connectivity index (χ2n) is 7.48. The average molecular weight is 431 g/mol. The number of hydrogen-bond donors (Lipinski definition) is 0. The maximum Gasteiger partial charge on any atom is 0.243 e. The van der Waals surface area contributed by atoms with E-state index in [0.717, 1.165) is 31.6 Å². The number of nitrogens with zero attached hydrogens (tertiary/aromatic N) is 2. The third-order valence-electron chi connectivity index (χ3n) is 5.51. The van der Waals surface area contributed by atoms with Gasteiger partial charge in [0, 0.05) is 25.7 Å². The van der Waals surface area contributed by atoms with E-state index in [1.165, 1.54) is 4.31 Å². The highest BCUT2D eigenvalue weighted by atomic mass is 32.2. The minimum atomic E-state index is -3.74. The maximum atomic E-state index is 13.3. The number of aryl methyl sites for hydroxylation is 1. The van der Waals surface area contributed by atoms with E-state index < -0.39 is 25.9 Å². The van der Waals surface area contributed by atoms with Gasteiger partial charge in [-0.1, -0.05) is 19.1 Å². The molecule has 2 fully saturated rings. The van der Waals surface area contributed by atoms with E-state index in [1.54, 1.807) is 12.1 Å². The zero-order chi connectivity index (χ0) is 20.2. The summed E-state index contributed by atoms with van der Waals surface area (Å²) in [6, 6.07) is 6.43. The van der Waals surface area contributed by atoms with E-state index in [-0.39, 0.29) is 16.4 Å². The number of morpholine rings is 1. The molecule has 9 heteroatoms. The van der Waals surface area contributed by atoms with Crippen LogP contribution in [0, 0.1) is 0 Å². The third kappa shape index (κ3) is 5.33. The number of rotatable bonds is 8. The Labute approximate surface area is 168 Å². The van der Waals surface area contributed by atoms with E-state index >= 15 is 0 Å². The fourth-order valence-electron chi connectivity index (χ4n) is 3.81. The number of sulfone groups is 1. The molecule has 0 spiro atoms. The molecule has 0 N–H and O–H groups in total. The lowest BCUT2D eigenvalue weighted by Crippen LogP contribution is -2.43. The van der Waals surface area contributed by atoms with Crippen LogP contribution in [0.25, 0.3) is 0 Å². The Kier molecular flexibility index (Phi) is 7.14. The smallest absolute Gasteiger partial charge is 0.243 e. The van der Waals surface area contributed by atoms with E-state index in [9.17, 15) is 16.8 Å². The molecule has 0 radical (unpaired) electrons. The first-order valence-corrected chi connectivity index (χ1v) is 13.2. The van der Waals surface area contributed by atoms with E-state index in [2.05, 4.69) is 4.90 Å². The Morgan fingerprint density at radius 3 is 2.43 bits per heavy atom. The minimum Gasteiger partial charge on any atom is -0.379 e. The molecule has 2 aliphatic heterocycles. The lowest BCUT2D eigenvalue weighted by atomic mass is 10.2. The summed E-state index contributed by atoms with van der Waals surface area (Å²) < 4.78 is 57.3. The zero-order valence-corrected chi connectivity index (χ0v) is 18.1. The van der Waals surface area contributed by atoms with Crippen molar-refractivity contribution in [1.82, 2.24) is 9.21 Å². The van der Waals surface area contributed by atoms with Crippen LogP contribution in [-0.2, 0) is 31.0 Å². The first-order chi connectivity index (χ1) is 13.3. The molecule has 7 nitrogen and oxygen atoms in total. The summed E-state index contributed by atoms with van der Waals surface area (Å²) >= 11 is 0. The molecule has 2 heterocycles.